The van der Waals surface area contributed by atoms with Gasteiger partial charge in [0.1, 0.15) is 12.3 Å². The van der Waals surface area contributed by atoms with Gasteiger partial charge in [0, 0.05) is 5.39 Å². The Morgan fingerprint density at radius 1 is 1.05 bits per heavy atom. The van der Waals surface area contributed by atoms with E-state index >= 15 is 0 Å². The molecule has 0 N–H and O–H groups in total. The Labute approximate surface area is 129 Å². The number of carbonyl (C=O) groups excluding carboxylic acids is 1. The molecular formula is C19H17NO2. The monoisotopic (exact) mass is 291 g/mol. The molecule has 3 heteroatoms. The van der Waals surface area contributed by atoms with Gasteiger partial charge in [0.15, 0.2) is 0 Å². The smallest absolute Gasteiger partial charge is 0.357 e. The third-order valence-electron chi connectivity index (χ3n) is 3.67. The molecule has 0 aliphatic rings. The van der Waals surface area contributed by atoms with E-state index in [2.05, 4.69) is 4.98 Å². The zero-order valence-corrected chi connectivity index (χ0v) is 12.7. The number of fused-ring (bicyclic) bond motifs is 1. The first-order chi connectivity index (χ1) is 10.6. The largest absolute Gasteiger partial charge is 0.456 e. The minimum absolute atomic E-state index is 0.265. The Morgan fingerprint density at radius 2 is 1.86 bits per heavy atom. The first kappa shape index (κ1) is 14.3. The molecule has 3 rings (SSSR count). The number of aryl methyl sites for hydroxylation is 2. The zero-order chi connectivity index (χ0) is 15.5. The number of nitrogens with zero attached hydrogens (tertiary/aromatic N) is 1. The molecule has 2 aromatic carbocycles. The first-order valence-corrected chi connectivity index (χ1v) is 7.22. The van der Waals surface area contributed by atoms with Crippen molar-refractivity contribution in [3.8, 4) is 0 Å². The second-order valence-corrected chi connectivity index (χ2v) is 5.40. The molecule has 3 aromatic rings. The maximum atomic E-state index is 12.2. The fourth-order valence-corrected chi connectivity index (χ4v) is 2.35. The highest BCUT2D eigenvalue weighted by Crippen LogP contribution is 2.15. The molecule has 0 aliphatic heterocycles. The Hall–Kier alpha value is -2.68. The Balaban J connectivity index is 1.77. The fraction of sp³-hybridized carbons (Fsp3) is 0.158. The molecule has 0 unspecified atom stereocenters. The van der Waals surface area contributed by atoms with Gasteiger partial charge < -0.3 is 4.74 Å². The Bertz CT molecular complexity index is 840. The minimum Gasteiger partial charge on any atom is -0.456 e. The summed E-state index contributed by atoms with van der Waals surface area (Å²) in [4.78, 5) is 16.5. The van der Waals surface area contributed by atoms with Crippen LogP contribution in [0.3, 0.4) is 0 Å². The van der Waals surface area contributed by atoms with Gasteiger partial charge in [0.25, 0.3) is 0 Å². The molecule has 0 saturated heterocycles. The van der Waals surface area contributed by atoms with Gasteiger partial charge in [-0.05, 0) is 37.1 Å². The first-order valence-electron chi connectivity index (χ1n) is 7.22. The summed E-state index contributed by atoms with van der Waals surface area (Å²) in [6, 6.07) is 17.4. The minimum atomic E-state index is -0.397. The Morgan fingerprint density at radius 3 is 2.73 bits per heavy atom. The van der Waals surface area contributed by atoms with Crippen LogP contribution in [-0.4, -0.2) is 11.0 Å². The average molecular weight is 291 g/mol. The average Bonchev–Trinajstić information content (AvgIpc) is 2.55. The summed E-state index contributed by atoms with van der Waals surface area (Å²) in [6.07, 6.45) is 0. The van der Waals surface area contributed by atoms with Gasteiger partial charge in [-0.15, -0.1) is 0 Å². The van der Waals surface area contributed by atoms with Crippen LogP contribution in [0, 0.1) is 13.8 Å². The number of hydrogen-bond donors (Lipinski definition) is 0. The summed E-state index contributed by atoms with van der Waals surface area (Å²) in [7, 11) is 0. The van der Waals surface area contributed by atoms with E-state index in [1.807, 2.05) is 62.4 Å². The van der Waals surface area contributed by atoms with Gasteiger partial charge in [-0.3, -0.25) is 0 Å². The predicted molar refractivity (Wildman–Crippen MR) is 86.8 cm³/mol. The van der Waals surface area contributed by atoms with Crippen LogP contribution in [0.1, 0.15) is 27.2 Å². The lowest BCUT2D eigenvalue weighted by atomic mass is 10.1. The summed E-state index contributed by atoms with van der Waals surface area (Å²) >= 11 is 0. The molecule has 22 heavy (non-hydrogen) atoms. The molecule has 0 spiro atoms. The van der Waals surface area contributed by atoms with E-state index in [0.717, 1.165) is 27.6 Å². The number of esters is 1. The van der Waals surface area contributed by atoms with Crippen molar-refractivity contribution in [3.05, 3.63) is 77.0 Å². The summed E-state index contributed by atoms with van der Waals surface area (Å²) in [6.45, 7) is 4.30. The summed E-state index contributed by atoms with van der Waals surface area (Å²) in [5, 5.41) is 1.01. The van der Waals surface area contributed by atoms with E-state index in [1.165, 1.54) is 0 Å². The van der Waals surface area contributed by atoms with Crippen LogP contribution in [0.15, 0.2) is 54.6 Å². The third kappa shape index (κ3) is 2.98. The van der Waals surface area contributed by atoms with E-state index in [4.69, 9.17) is 4.74 Å². The fourth-order valence-electron chi connectivity index (χ4n) is 2.35. The van der Waals surface area contributed by atoms with Gasteiger partial charge >= 0.3 is 5.97 Å². The standard InChI is InChI=1S/C19H17NO2/c1-13-7-8-14(2)16(11-13)12-22-19(21)18-10-9-15-5-3-4-6-17(15)20-18/h3-11H,12H2,1-2H3. The van der Waals surface area contributed by atoms with Crippen LogP contribution in [0.4, 0.5) is 0 Å². The molecule has 0 atom stereocenters. The SMILES string of the molecule is Cc1ccc(C)c(COC(=O)c2ccc3ccccc3n2)c1. The molecule has 0 bridgehead atoms. The summed E-state index contributed by atoms with van der Waals surface area (Å²) in [5.41, 5.74) is 4.42. The van der Waals surface area contributed by atoms with E-state index in [-0.39, 0.29) is 6.61 Å². The van der Waals surface area contributed by atoms with Gasteiger partial charge in [-0.2, -0.15) is 0 Å². The van der Waals surface area contributed by atoms with Crippen LogP contribution >= 0.6 is 0 Å². The normalized spacial score (nSPS) is 10.6. The van der Waals surface area contributed by atoms with Crippen LogP contribution < -0.4 is 0 Å². The highest BCUT2D eigenvalue weighted by molar-refractivity contribution is 5.91. The Kier molecular flexibility index (Phi) is 3.88. The van der Waals surface area contributed by atoms with Crippen molar-refractivity contribution in [1.82, 2.24) is 4.98 Å². The summed E-state index contributed by atoms with van der Waals surface area (Å²) < 4.78 is 5.40. The topological polar surface area (TPSA) is 39.2 Å². The number of pyridine rings is 1. The van der Waals surface area contributed by atoms with Crippen molar-refractivity contribution in [2.75, 3.05) is 0 Å². The maximum absolute atomic E-state index is 12.2. The highest BCUT2D eigenvalue weighted by Gasteiger charge is 2.10. The molecule has 3 nitrogen and oxygen atoms in total. The number of benzene rings is 2. The number of para-hydroxylation sites is 1. The molecule has 1 heterocycles. The van der Waals surface area contributed by atoms with Crippen LogP contribution in [-0.2, 0) is 11.3 Å². The molecular weight excluding hydrogens is 274 g/mol. The van der Waals surface area contributed by atoms with Gasteiger partial charge in [0.2, 0.25) is 0 Å². The molecule has 0 aliphatic carbocycles. The van der Waals surface area contributed by atoms with Crippen LogP contribution in [0.25, 0.3) is 10.9 Å². The quantitative estimate of drug-likeness (QED) is 0.679. The van der Waals surface area contributed by atoms with Crippen molar-refractivity contribution in [3.63, 3.8) is 0 Å². The highest BCUT2D eigenvalue weighted by atomic mass is 16.5. The van der Waals surface area contributed by atoms with Crippen LogP contribution in [0.2, 0.25) is 0 Å². The number of carbonyl (C=O) groups is 1. The predicted octanol–water partition coefficient (Wildman–Crippen LogP) is 4.21. The van der Waals surface area contributed by atoms with Gasteiger partial charge in [0.05, 0.1) is 5.52 Å². The van der Waals surface area contributed by atoms with Crippen molar-refractivity contribution in [1.29, 1.82) is 0 Å². The number of rotatable bonds is 3. The molecule has 0 saturated carbocycles. The third-order valence-corrected chi connectivity index (χ3v) is 3.67. The second kappa shape index (κ2) is 5.98. The number of hydrogen-bond acceptors (Lipinski definition) is 3. The maximum Gasteiger partial charge on any atom is 0.357 e. The van der Waals surface area contributed by atoms with Gasteiger partial charge in [-0.25, -0.2) is 9.78 Å². The van der Waals surface area contributed by atoms with Crippen molar-refractivity contribution >= 4 is 16.9 Å². The summed E-state index contributed by atoms with van der Waals surface area (Å²) in [5.74, 6) is -0.397. The van der Waals surface area contributed by atoms with Crippen molar-refractivity contribution < 1.29 is 9.53 Å². The molecule has 0 amide bonds. The van der Waals surface area contributed by atoms with E-state index < -0.39 is 5.97 Å². The number of ether oxygens (including phenoxy) is 1. The second-order valence-electron chi connectivity index (χ2n) is 5.40. The van der Waals surface area contributed by atoms with Gasteiger partial charge in [-0.1, -0.05) is 48.0 Å². The molecule has 0 radical (unpaired) electrons. The van der Waals surface area contributed by atoms with E-state index in [9.17, 15) is 4.79 Å². The van der Waals surface area contributed by atoms with Crippen molar-refractivity contribution in [2.45, 2.75) is 20.5 Å². The van der Waals surface area contributed by atoms with E-state index in [0.29, 0.717) is 5.69 Å². The molecule has 110 valence electrons. The van der Waals surface area contributed by atoms with E-state index in [1.54, 1.807) is 6.07 Å². The number of aromatic nitrogens is 1. The molecule has 0 fully saturated rings. The van der Waals surface area contributed by atoms with Crippen molar-refractivity contribution in [2.24, 2.45) is 0 Å². The lowest BCUT2D eigenvalue weighted by Crippen LogP contribution is -2.08. The zero-order valence-electron chi connectivity index (χ0n) is 12.7. The lowest BCUT2D eigenvalue weighted by molar-refractivity contribution is 0.0465. The molecule has 1 aromatic heterocycles. The van der Waals surface area contributed by atoms with Crippen LogP contribution in [0.5, 0.6) is 0 Å². The lowest BCUT2D eigenvalue weighted by Gasteiger charge is -2.08.